The molecular formula is C21H19F2N3O2. The van der Waals surface area contributed by atoms with Gasteiger partial charge < -0.3 is 14.2 Å². The standard InChI is InChI=1S/C21H19F2N3O2/c1-25-10-2-3-17(25)15-6-4-14(5-7-15)11-26-12-16-8-9-24-20(19(16)21(26)27)28-13-18(22)23/h2-10,18H,11-13H2,1H3. The van der Waals surface area contributed by atoms with Gasteiger partial charge in [0, 0.05) is 38.2 Å². The Balaban J connectivity index is 1.49. The summed E-state index contributed by atoms with van der Waals surface area (Å²) in [5.41, 5.74) is 4.22. The van der Waals surface area contributed by atoms with E-state index >= 15 is 0 Å². The van der Waals surface area contributed by atoms with Gasteiger partial charge in [-0.05, 0) is 34.9 Å². The first kappa shape index (κ1) is 18.2. The quantitative estimate of drug-likeness (QED) is 0.649. The molecule has 0 radical (unpaired) electrons. The minimum Gasteiger partial charge on any atom is -0.471 e. The summed E-state index contributed by atoms with van der Waals surface area (Å²) in [7, 11) is 1.99. The third kappa shape index (κ3) is 3.47. The van der Waals surface area contributed by atoms with Crippen molar-refractivity contribution >= 4 is 5.91 Å². The summed E-state index contributed by atoms with van der Waals surface area (Å²) in [6.07, 6.45) is 0.851. The predicted molar refractivity (Wildman–Crippen MR) is 100 cm³/mol. The number of benzene rings is 1. The Morgan fingerprint density at radius 2 is 1.96 bits per heavy atom. The van der Waals surface area contributed by atoms with E-state index in [-0.39, 0.29) is 17.4 Å². The maximum absolute atomic E-state index is 12.8. The Morgan fingerprint density at radius 3 is 2.64 bits per heavy atom. The summed E-state index contributed by atoms with van der Waals surface area (Å²) < 4.78 is 32.0. The van der Waals surface area contributed by atoms with Crippen molar-refractivity contribution < 1.29 is 18.3 Å². The number of amides is 1. The predicted octanol–water partition coefficient (Wildman–Crippen LogP) is 3.89. The Labute approximate surface area is 161 Å². The number of carbonyl (C=O) groups excluding carboxylic acids is 1. The molecule has 1 aliphatic rings. The summed E-state index contributed by atoms with van der Waals surface area (Å²) in [5, 5.41) is 0. The molecule has 3 heterocycles. The van der Waals surface area contributed by atoms with Crippen LogP contribution in [-0.4, -0.2) is 33.4 Å². The average Bonchev–Trinajstić information content (AvgIpc) is 3.24. The number of nitrogens with zero attached hydrogens (tertiary/aromatic N) is 3. The third-order valence-corrected chi connectivity index (χ3v) is 4.78. The number of hydrogen-bond donors (Lipinski definition) is 0. The van der Waals surface area contributed by atoms with Crippen LogP contribution in [0, 0.1) is 0 Å². The topological polar surface area (TPSA) is 47.4 Å². The van der Waals surface area contributed by atoms with Gasteiger partial charge in [0.05, 0.1) is 0 Å². The fourth-order valence-corrected chi connectivity index (χ4v) is 3.42. The van der Waals surface area contributed by atoms with Crippen LogP contribution in [-0.2, 0) is 20.1 Å². The molecule has 0 bridgehead atoms. The first-order chi connectivity index (χ1) is 13.5. The highest BCUT2D eigenvalue weighted by Gasteiger charge is 2.31. The van der Waals surface area contributed by atoms with Crippen molar-refractivity contribution in [3.8, 4) is 17.1 Å². The molecule has 0 spiro atoms. The SMILES string of the molecule is Cn1cccc1-c1ccc(CN2Cc3ccnc(OCC(F)F)c3C2=O)cc1. The molecular weight excluding hydrogens is 364 g/mol. The van der Waals surface area contributed by atoms with Crippen LogP contribution in [0.1, 0.15) is 21.5 Å². The molecule has 0 saturated carbocycles. The second-order valence-electron chi connectivity index (χ2n) is 6.71. The largest absolute Gasteiger partial charge is 0.471 e. The van der Waals surface area contributed by atoms with Crippen molar-refractivity contribution in [1.82, 2.24) is 14.5 Å². The van der Waals surface area contributed by atoms with Crippen LogP contribution in [0.5, 0.6) is 5.88 Å². The minimum absolute atomic E-state index is 0.0237. The number of aromatic nitrogens is 2. The van der Waals surface area contributed by atoms with Crippen LogP contribution in [0.15, 0.2) is 54.9 Å². The van der Waals surface area contributed by atoms with Gasteiger partial charge in [-0.15, -0.1) is 0 Å². The van der Waals surface area contributed by atoms with Crippen molar-refractivity contribution in [2.45, 2.75) is 19.5 Å². The highest BCUT2D eigenvalue weighted by atomic mass is 19.3. The van der Waals surface area contributed by atoms with Crippen molar-refractivity contribution in [2.75, 3.05) is 6.61 Å². The van der Waals surface area contributed by atoms with Gasteiger partial charge >= 0.3 is 0 Å². The summed E-state index contributed by atoms with van der Waals surface area (Å²) >= 11 is 0. The summed E-state index contributed by atoms with van der Waals surface area (Å²) in [6, 6.07) is 13.8. The Morgan fingerprint density at radius 1 is 1.18 bits per heavy atom. The van der Waals surface area contributed by atoms with Crippen molar-refractivity contribution in [3.05, 3.63) is 71.5 Å². The summed E-state index contributed by atoms with van der Waals surface area (Å²) in [4.78, 5) is 18.4. The zero-order chi connectivity index (χ0) is 19.7. The van der Waals surface area contributed by atoms with Crippen LogP contribution in [0.4, 0.5) is 8.78 Å². The second-order valence-corrected chi connectivity index (χ2v) is 6.71. The molecule has 4 rings (SSSR count). The normalized spacial score (nSPS) is 13.3. The van der Waals surface area contributed by atoms with Crippen LogP contribution in [0.3, 0.4) is 0 Å². The molecule has 0 aliphatic carbocycles. The minimum atomic E-state index is -2.62. The van der Waals surface area contributed by atoms with E-state index in [9.17, 15) is 13.6 Å². The lowest BCUT2D eigenvalue weighted by Crippen LogP contribution is -2.23. The van der Waals surface area contributed by atoms with Gasteiger partial charge in [-0.25, -0.2) is 13.8 Å². The van der Waals surface area contributed by atoms with E-state index in [4.69, 9.17) is 4.74 Å². The van der Waals surface area contributed by atoms with E-state index in [1.54, 1.807) is 11.0 Å². The van der Waals surface area contributed by atoms with Gasteiger partial charge in [0.2, 0.25) is 5.88 Å². The Bertz CT molecular complexity index is 999. The van der Waals surface area contributed by atoms with Gasteiger partial charge in [0.25, 0.3) is 12.3 Å². The zero-order valence-corrected chi connectivity index (χ0v) is 15.3. The monoisotopic (exact) mass is 383 g/mol. The first-order valence-electron chi connectivity index (χ1n) is 8.91. The van der Waals surface area contributed by atoms with E-state index in [0.29, 0.717) is 13.1 Å². The molecule has 0 unspecified atom stereocenters. The van der Waals surface area contributed by atoms with Crippen LogP contribution < -0.4 is 4.74 Å². The Hall–Kier alpha value is -3.22. The number of halogens is 2. The molecule has 28 heavy (non-hydrogen) atoms. The van der Waals surface area contributed by atoms with Gasteiger partial charge in [-0.3, -0.25) is 4.79 Å². The van der Waals surface area contributed by atoms with Crippen LogP contribution in [0.2, 0.25) is 0 Å². The van der Waals surface area contributed by atoms with Gasteiger partial charge in [0.15, 0.2) is 6.61 Å². The van der Waals surface area contributed by atoms with E-state index in [0.717, 1.165) is 22.4 Å². The lowest BCUT2D eigenvalue weighted by Gasteiger charge is -2.16. The number of rotatable bonds is 6. The number of fused-ring (bicyclic) bond motifs is 1. The molecule has 1 amide bonds. The Kier molecular flexibility index (Phi) is 4.81. The molecule has 2 aromatic heterocycles. The number of hydrogen-bond acceptors (Lipinski definition) is 3. The zero-order valence-electron chi connectivity index (χ0n) is 15.3. The van der Waals surface area contributed by atoms with Crippen LogP contribution >= 0.6 is 0 Å². The molecule has 0 fully saturated rings. The first-order valence-corrected chi connectivity index (χ1v) is 8.91. The maximum Gasteiger partial charge on any atom is 0.272 e. The molecule has 5 nitrogen and oxygen atoms in total. The highest BCUT2D eigenvalue weighted by Crippen LogP contribution is 2.30. The van der Waals surface area contributed by atoms with E-state index < -0.39 is 13.0 Å². The fraction of sp³-hybridized carbons (Fsp3) is 0.238. The van der Waals surface area contributed by atoms with Gasteiger partial charge in [-0.2, -0.15) is 0 Å². The molecule has 0 saturated heterocycles. The summed E-state index contributed by atoms with van der Waals surface area (Å²) in [6.45, 7) is 0.0495. The lowest BCUT2D eigenvalue weighted by atomic mass is 10.1. The molecule has 7 heteroatoms. The molecule has 144 valence electrons. The average molecular weight is 383 g/mol. The van der Waals surface area contributed by atoms with Crippen molar-refractivity contribution in [3.63, 3.8) is 0 Å². The third-order valence-electron chi connectivity index (χ3n) is 4.78. The van der Waals surface area contributed by atoms with Gasteiger partial charge in [-0.1, -0.05) is 24.3 Å². The molecule has 1 aromatic carbocycles. The smallest absolute Gasteiger partial charge is 0.272 e. The second kappa shape index (κ2) is 7.42. The number of pyridine rings is 1. The number of ether oxygens (including phenoxy) is 1. The van der Waals surface area contributed by atoms with Crippen LogP contribution in [0.25, 0.3) is 11.3 Å². The van der Waals surface area contributed by atoms with E-state index in [1.165, 1.54) is 6.20 Å². The molecule has 1 aliphatic heterocycles. The highest BCUT2D eigenvalue weighted by molar-refractivity contribution is 6.00. The lowest BCUT2D eigenvalue weighted by molar-refractivity contribution is 0.0719. The van der Waals surface area contributed by atoms with E-state index in [1.807, 2.05) is 54.2 Å². The fourth-order valence-electron chi connectivity index (χ4n) is 3.42. The number of alkyl halides is 2. The number of aryl methyl sites for hydroxylation is 1. The molecule has 0 atom stereocenters. The van der Waals surface area contributed by atoms with E-state index in [2.05, 4.69) is 4.98 Å². The molecule has 0 N–H and O–H groups in total. The van der Waals surface area contributed by atoms with Crippen molar-refractivity contribution in [1.29, 1.82) is 0 Å². The summed E-state index contributed by atoms with van der Waals surface area (Å²) in [5.74, 6) is -0.275. The maximum atomic E-state index is 12.8. The van der Waals surface area contributed by atoms with Gasteiger partial charge in [0.1, 0.15) is 5.56 Å². The van der Waals surface area contributed by atoms with Crippen molar-refractivity contribution in [2.24, 2.45) is 7.05 Å². The molecule has 3 aromatic rings. The number of carbonyl (C=O) groups is 1.